The molecule has 0 atom stereocenters. The van der Waals surface area contributed by atoms with Gasteiger partial charge in [0.15, 0.2) is 0 Å². The maximum Gasteiger partial charge on any atom is 0.223 e. The molecule has 0 saturated carbocycles. The van der Waals surface area contributed by atoms with Gasteiger partial charge in [-0.15, -0.1) is 0 Å². The van der Waals surface area contributed by atoms with Gasteiger partial charge in [0.25, 0.3) is 0 Å². The molecule has 4 nitrogen and oxygen atoms in total. The van der Waals surface area contributed by atoms with Crippen molar-refractivity contribution >= 4 is 5.91 Å². The van der Waals surface area contributed by atoms with Gasteiger partial charge in [-0.2, -0.15) is 5.26 Å². The molecule has 0 spiro atoms. The minimum atomic E-state index is -0.210. The zero-order chi connectivity index (χ0) is 14.7. The number of nitrogens with zero attached hydrogens (tertiary/aromatic N) is 2. The molecule has 0 fully saturated rings. The number of hydrogen-bond donors (Lipinski definition) is 1. The maximum atomic E-state index is 11.7. The number of carbonyl (C=O) groups excluding carboxylic acids is 1. The second kappa shape index (κ2) is 9.80. The van der Waals surface area contributed by atoms with Crippen LogP contribution in [-0.4, -0.2) is 37.0 Å². The van der Waals surface area contributed by atoms with Crippen LogP contribution in [0.4, 0.5) is 0 Å². The predicted molar refractivity (Wildman–Crippen MR) is 78.7 cm³/mol. The first-order valence-electron chi connectivity index (χ1n) is 7.36. The third kappa shape index (κ3) is 8.61. The van der Waals surface area contributed by atoms with E-state index >= 15 is 0 Å². The Morgan fingerprint density at radius 1 is 1.21 bits per heavy atom. The second-order valence-electron chi connectivity index (χ2n) is 5.52. The Labute approximate surface area is 118 Å². The lowest BCUT2D eigenvalue weighted by Crippen LogP contribution is -2.33. The van der Waals surface area contributed by atoms with Crippen molar-refractivity contribution < 1.29 is 4.79 Å². The van der Waals surface area contributed by atoms with E-state index in [-0.39, 0.29) is 11.3 Å². The van der Waals surface area contributed by atoms with Crippen molar-refractivity contribution in [2.24, 2.45) is 5.41 Å². The Morgan fingerprint density at radius 2 is 1.84 bits per heavy atom. The highest BCUT2D eigenvalue weighted by atomic mass is 16.2. The molecule has 0 aliphatic rings. The third-order valence-electron chi connectivity index (χ3n) is 3.34. The molecular formula is C15H29N3O. The van der Waals surface area contributed by atoms with Gasteiger partial charge in [0.2, 0.25) is 5.91 Å². The summed E-state index contributed by atoms with van der Waals surface area (Å²) in [5.41, 5.74) is -0.210. The van der Waals surface area contributed by atoms with Gasteiger partial charge in [-0.25, -0.2) is 0 Å². The van der Waals surface area contributed by atoms with Crippen molar-refractivity contribution in [2.45, 2.75) is 53.4 Å². The highest BCUT2D eigenvalue weighted by molar-refractivity contribution is 5.76. The molecule has 0 aliphatic carbocycles. The van der Waals surface area contributed by atoms with E-state index in [1.165, 1.54) is 0 Å². The Morgan fingerprint density at radius 3 is 2.37 bits per heavy atom. The van der Waals surface area contributed by atoms with Crippen molar-refractivity contribution in [3.8, 4) is 6.07 Å². The monoisotopic (exact) mass is 267 g/mol. The lowest BCUT2D eigenvalue weighted by molar-refractivity contribution is -0.130. The van der Waals surface area contributed by atoms with Crippen molar-refractivity contribution in [1.29, 1.82) is 5.26 Å². The van der Waals surface area contributed by atoms with Gasteiger partial charge in [0.05, 0.1) is 11.5 Å². The quantitative estimate of drug-likeness (QED) is 0.619. The standard InChI is InChI=1S/C15H29N3O/c1-5-18(6-2)14(19)9-12-17-11-8-7-10-15(3,4)13-16/h17H,5-12H2,1-4H3. The van der Waals surface area contributed by atoms with E-state index in [4.69, 9.17) is 5.26 Å². The summed E-state index contributed by atoms with van der Waals surface area (Å²) in [5, 5.41) is 12.2. The number of hydrogen-bond acceptors (Lipinski definition) is 3. The van der Waals surface area contributed by atoms with Gasteiger partial charge < -0.3 is 10.2 Å². The van der Waals surface area contributed by atoms with Crippen LogP contribution in [0.25, 0.3) is 0 Å². The highest BCUT2D eigenvalue weighted by Crippen LogP contribution is 2.21. The van der Waals surface area contributed by atoms with Crippen molar-refractivity contribution in [2.75, 3.05) is 26.2 Å². The summed E-state index contributed by atoms with van der Waals surface area (Å²) in [7, 11) is 0. The molecule has 0 saturated heterocycles. The van der Waals surface area contributed by atoms with Crippen LogP contribution >= 0.6 is 0 Å². The molecule has 110 valence electrons. The summed E-state index contributed by atoms with van der Waals surface area (Å²) in [6, 6.07) is 2.31. The molecule has 0 rings (SSSR count). The average molecular weight is 267 g/mol. The van der Waals surface area contributed by atoms with Crippen LogP contribution in [0.2, 0.25) is 0 Å². The molecule has 4 heteroatoms. The Bertz CT molecular complexity index is 290. The van der Waals surface area contributed by atoms with Crippen LogP contribution in [0.1, 0.15) is 53.4 Å². The number of nitrogens with one attached hydrogen (secondary N) is 1. The van der Waals surface area contributed by atoms with Gasteiger partial charge in [-0.05, 0) is 47.1 Å². The lowest BCUT2D eigenvalue weighted by atomic mass is 9.89. The first-order valence-corrected chi connectivity index (χ1v) is 7.36. The fourth-order valence-electron chi connectivity index (χ4n) is 1.93. The number of nitriles is 1. The summed E-state index contributed by atoms with van der Waals surface area (Å²) < 4.78 is 0. The topological polar surface area (TPSA) is 56.1 Å². The SMILES string of the molecule is CCN(CC)C(=O)CCNCCCCC(C)(C)C#N. The predicted octanol–water partition coefficient (Wildman–Crippen LogP) is 2.55. The molecular weight excluding hydrogens is 238 g/mol. The number of unbranched alkanes of at least 4 members (excludes halogenated alkanes) is 1. The molecule has 0 aliphatic heterocycles. The van der Waals surface area contributed by atoms with E-state index in [2.05, 4.69) is 11.4 Å². The van der Waals surface area contributed by atoms with Gasteiger partial charge in [-0.1, -0.05) is 6.42 Å². The summed E-state index contributed by atoms with van der Waals surface area (Å²) in [5.74, 6) is 0.225. The summed E-state index contributed by atoms with van der Waals surface area (Å²) in [6.07, 6.45) is 3.62. The van der Waals surface area contributed by atoms with Crippen molar-refractivity contribution in [3.63, 3.8) is 0 Å². The van der Waals surface area contributed by atoms with E-state index in [0.717, 1.165) is 45.4 Å². The van der Waals surface area contributed by atoms with Crippen LogP contribution in [0.3, 0.4) is 0 Å². The zero-order valence-electron chi connectivity index (χ0n) is 13.0. The van der Waals surface area contributed by atoms with Crippen LogP contribution in [0, 0.1) is 16.7 Å². The fraction of sp³-hybridized carbons (Fsp3) is 0.867. The lowest BCUT2D eigenvalue weighted by Gasteiger charge is -2.18. The van der Waals surface area contributed by atoms with Crippen LogP contribution in [0.5, 0.6) is 0 Å². The molecule has 0 bridgehead atoms. The van der Waals surface area contributed by atoms with Gasteiger partial charge >= 0.3 is 0 Å². The highest BCUT2D eigenvalue weighted by Gasteiger charge is 2.15. The first-order chi connectivity index (χ1) is 8.96. The van der Waals surface area contributed by atoms with E-state index in [0.29, 0.717) is 6.42 Å². The Balaban J connectivity index is 3.51. The minimum Gasteiger partial charge on any atom is -0.343 e. The molecule has 19 heavy (non-hydrogen) atoms. The van der Waals surface area contributed by atoms with Crippen LogP contribution in [0.15, 0.2) is 0 Å². The smallest absolute Gasteiger partial charge is 0.223 e. The average Bonchev–Trinajstić information content (AvgIpc) is 2.39. The second-order valence-corrected chi connectivity index (χ2v) is 5.52. The van der Waals surface area contributed by atoms with E-state index in [1.54, 1.807) is 0 Å². The van der Waals surface area contributed by atoms with E-state index in [1.807, 2.05) is 32.6 Å². The van der Waals surface area contributed by atoms with E-state index < -0.39 is 0 Å². The summed E-state index contributed by atoms with van der Waals surface area (Å²) in [6.45, 7) is 11.2. The zero-order valence-corrected chi connectivity index (χ0v) is 13.0. The van der Waals surface area contributed by atoms with Gasteiger partial charge in [-0.3, -0.25) is 4.79 Å². The molecule has 0 heterocycles. The van der Waals surface area contributed by atoms with Crippen LogP contribution in [-0.2, 0) is 4.79 Å². The molecule has 0 unspecified atom stereocenters. The molecule has 1 N–H and O–H groups in total. The number of rotatable bonds is 10. The number of carbonyl (C=O) groups is 1. The van der Waals surface area contributed by atoms with E-state index in [9.17, 15) is 4.79 Å². The third-order valence-corrected chi connectivity index (χ3v) is 3.34. The maximum absolute atomic E-state index is 11.7. The molecule has 0 radical (unpaired) electrons. The minimum absolute atomic E-state index is 0.210. The molecule has 0 aromatic rings. The number of amides is 1. The first kappa shape index (κ1) is 17.9. The molecule has 1 amide bonds. The van der Waals surface area contributed by atoms with Crippen LogP contribution < -0.4 is 5.32 Å². The normalized spacial score (nSPS) is 11.1. The summed E-state index contributed by atoms with van der Waals surface area (Å²) in [4.78, 5) is 13.6. The van der Waals surface area contributed by atoms with Crippen molar-refractivity contribution in [1.82, 2.24) is 10.2 Å². The fourth-order valence-corrected chi connectivity index (χ4v) is 1.93. The largest absolute Gasteiger partial charge is 0.343 e. The van der Waals surface area contributed by atoms with Crippen molar-refractivity contribution in [3.05, 3.63) is 0 Å². The Kier molecular flexibility index (Phi) is 9.24. The van der Waals surface area contributed by atoms with Gasteiger partial charge in [0, 0.05) is 26.1 Å². The Hall–Kier alpha value is -1.08. The summed E-state index contributed by atoms with van der Waals surface area (Å²) >= 11 is 0. The molecule has 0 aromatic heterocycles. The molecule has 0 aromatic carbocycles. The van der Waals surface area contributed by atoms with Gasteiger partial charge in [0.1, 0.15) is 0 Å².